The van der Waals surface area contributed by atoms with Gasteiger partial charge in [-0.2, -0.15) is 9.97 Å². The average Bonchev–Trinajstić information content (AvgIpc) is 2.12. The molecule has 0 spiro atoms. The number of hydrogen-bond acceptors (Lipinski definition) is 6. The third kappa shape index (κ3) is 5.31. The molecule has 0 aliphatic heterocycles. The number of anilines is 1. The van der Waals surface area contributed by atoms with Crippen LogP contribution in [0.25, 0.3) is 0 Å². The minimum Gasteiger partial charge on any atom is -0.518 e. The highest BCUT2D eigenvalue weighted by molar-refractivity contribution is 8.01. The first-order valence-electron chi connectivity index (χ1n) is 5.16. The van der Waals surface area contributed by atoms with Gasteiger partial charge in [-0.3, -0.25) is 4.72 Å². The predicted octanol–water partition coefficient (Wildman–Crippen LogP) is 2.55. The van der Waals surface area contributed by atoms with E-state index in [9.17, 15) is 0 Å². The molecule has 0 saturated carbocycles. The first-order valence-corrected chi connectivity index (χ1v) is 9.45. The van der Waals surface area contributed by atoms with Gasteiger partial charge in [-0.1, -0.05) is 13.8 Å². The van der Waals surface area contributed by atoms with Crippen molar-refractivity contribution in [1.29, 1.82) is 0 Å². The third-order valence-electron chi connectivity index (χ3n) is 1.33. The zero-order valence-electron chi connectivity index (χ0n) is 10.3. The molecule has 1 rings (SSSR count). The van der Waals surface area contributed by atoms with E-state index in [0.717, 1.165) is 0 Å². The van der Waals surface area contributed by atoms with Crippen LogP contribution in [0.2, 0.25) is 19.6 Å². The normalized spacial score (nSPS) is 11.6. The molecule has 1 N–H and O–H groups in total. The summed E-state index contributed by atoms with van der Waals surface area (Å²) in [5.74, 6) is 0.543. The van der Waals surface area contributed by atoms with Crippen molar-refractivity contribution in [3.63, 3.8) is 0 Å². The first-order chi connectivity index (χ1) is 7.37. The monoisotopic (exact) mass is 258 g/mol. The zero-order chi connectivity index (χ0) is 12.2. The SMILES string of the molecule is CC(C)SNc1ncnc(O[Si](C)(C)C)n1. The second kappa shape index (κ2) is 5.49. The van der Waals surface area contributed by atoms with Crippen LogP contribution in [0.15, 0.2) is 6.33 Å². The Morgan fingerprint density at radius 1 is 1.31 bits per heavy atom. The summed E-state index contributed by atoms with van der Waals surface area (Å²) in [6.45, 7) is 10.5. The van der Waals surface area contributed by atoms with Crippen molar-refractivity contribution in [3.8, 4) is 6.01 Å². The molecular formula is C9H18N4OSSi. The fraction of sp³-hybridized carbons (Fsp3) is 0.667. The zero-order valence-corrected chi connectivity index (χ0v) is 12.1. The molecule has 0 radical (unpaired) electrons. The Labute approximate surface area is 102 Å². The van der Waals surface area contributed by atoms with Gasteiger partial charge in [-0.05, 0) is 31.6 Å². The fourth-order valence-corrected chi connectivity index (χ4v) is 1.91. The van der Waals surface area contributed by atoms with Gasteiger partial charge < -0.3 is 4.43 Å². The van der Waals surface area contributed by atoms with E-state index in [2.05, 4.69) is 53.2 Å². The summed E-state index contributed by atoms with van der Waals surface area (Å²) in [5.41, 5.74) is 0. The molecule has 5 nitrogen and oxygen atoms in total. The summed E-state index contributed by atoms with van der Waals surface area (Å²) in [5, 5.41) is 0.470. The van der Waals surface area contributed by atoms with E-state index in [1.165, 1.54) is 6.33 Å². The Kier molecular flexibility index (Phi) is 4.54. The van der Waals surface area contributed by atoms with Gasteiger partial charge in [0.05, 0.1) is 0 Å². The average molecular weight is 258 g/mol. The molecule has 0 unspecified atom stereocenters. The molecule has 0 amide bonds. The van der Waals surface area contributed by atoms with E-state index in [-0.39, 0.29) is 0 Å². The maximum absolute atomic E-state index is 5.68. The van der Waals surface area contributed by atoms with Crippen LogP contribution < -0.4 is 9.15 Å². The molecule has 7 heteroatoms. The van der Waals surface area contributed by atoms with Gasteiger partial charge >= 0.3 is 6.01 Å². The first kappa shape index (κ1) is 13.2. The van der Waals surface area contributed by atoms with Crippen molar-refractivity contribution in [2.45, 2.75) is 38.7 Å². The topological polar surface area (TPSA) is 59.9 Å². The van der Waals surface area contributed by atoms with Crippen LogP contribution in [0.5, 0.6) is 6.01 Å². The van der Waals surface area contributed by atoms with Crippen LogP contribution >= 0.6 is 11.9 Å². The number of nitrogens with one attached hydrogen (secondary N) is 1. The van der Waals surface area contributed by atoms with E-state index in [1.54, 1.807) is 11.9 Å². The van der Waals surface area contributed by atoms with Gasteiger partial charge in [0.15, 0.2) is 0 Å². The maximum Gasteiger partial charge on any atom is 0.307 e. The van der Waals surface area contributed by atoms with E-state index in [0.29, 0.717) is 17.2 Å². The second-order valence-corrected chi connectivity index (χ2v) is 10.4. The molecule has 0 atom stereocenters. The highest BCUT2D eigenvalue weighted by atomic mass is 32.2. The molecule has 0 bridgehead atoms. The van der Waals surface area contributed by atoms with E-state index < -0.39 is 8.32 Å². The fourth-order valence-electron chi connectivity index (χ4n) is 0.824. The smallest absolute Gasteiger partial charge is 0.307 e. The van der Waals surface area contributed by atoms with Gasteiger partial charge in [0.25, 0.3) is 0 Å². The van der Waals surface area contributed by atoms with Gasteiger partial charge in [-0.15, -0.1) is 0 Å². The molecule has 0 fully saturated rings. The molecule has 90 valence electrons. The summed E-state index contributed by atoms with van der Waals surface area (Å²) >= 11 is 1.56. The number of nitrogens with zero attached hydrogens (tertiary/aromatic N) is 3. The summed E-state index contributed by atoms with van der Waals surface area (Å²) in [7, 11) is -1.65. The van der Waals surface area contributed by atoms with Crippen LogP contribution in [0.3, 0.4) is 0 Å². The summed E-state index contributed by atoms with van der Waals surface area (Å²) in [4.78, 5) is 12.2. The van der Waals surface area contributed by atoms with Crippen LogP contribution in [0.4, 0.5) is 5.95 Å². The van der Waals surface area contributed by atoms with Gasteiger partial charge in [0.2, 0.25) is 14.3 Å². The minimum atomic E-state index is -1.65. The molecule has 16 heavy (non-hydrogen) atoms. The standard InChI is InChI=1S/C9H18N4OSSi/c1-7(2)15-13-8-10-6-11-9(12-8)14-16(3,4)5/h6-7H,1-5H3,(H,10,11,12,13). The molecule has 0 saturated heterocycles. The van der Waals surface area contributed by atoms with Crippen molar-refractivity contribution < 1.29 is 4.43 Å². The lowest BCUT2D eigenvalue weighted by Crippen LogP contribution is -2.30. The van der Waals surface area contributed by atoms with Crippen molar-refractivity contribution in [3.05, 3.63) is 6.33 Å². The summed E-state index contributed by atoms with van der Waals surface area (Å²) in [6.07, 6.45) is 1.46. The molecule has 0 aliphatic rings. The van der Waals surface area contributed by atoms with Crippen molar-refractivity contribution in [2.75, 3.05) is 4.72 Å². The minimum absolute atomic E-state index is 0.404. The van der Waals surface area contributed by atoms with E-state index in [1.807, 2.05) is 0 Å². The Balaban J connectivity index is 2.64. The van der Waals surface area contributed by atoms with Crippen LogP contribution in [-0.2, 0) is 0 Å². The van der Waals surface area contributed by atoms with Gasteiger partial charge in [-0.25, -0.2) is 4.98 Å². The van der Waals surface area contributed by atoms with Crippen LogP contribution in [-0.4, -0.2) is 28.5 Å². The lowest BCUT2D eigenvalue weighted by Gasteiger charge is -2.17. The van der Waals surface area contributed by atoms with E-state index in [4.69, 9.17) is 4.43 Å². The van der Waals surface area contributed by atoms with Gasteiger partial charge in [0.1, 0.15) is 6.33 Å². The molecule has 1 aromatic rings. The van der Waals surface area contributed by atoms with Crippen molar-refractivity contribution in [1.82, 2.24) is 15.0 Å². The summed E-state index contributed by atoms with van der Waals surface area (Å²) < 4.78 is 8.74. The van der Waals surface area contributed by atoms with Crippen LogP contribution in [0.1, 0.15) is 13.8 Å². The second-order valence-electron chi connectivity index (χ2n) is 4.57. The van der Waals surface area contributed by atoms with E-state index >= 15 is 0 Å². The Morgan fingerprint density at radius 3 is 2.56 bits per heavy atom. The Bertz CT molecular complexity index is 343. The highest BCUT2D eigenvalue weighted by Crippen LogP contribution is 2.15. The largest absolute Gasteiger partial charge is 0.518 e. The third-order valence-corrected chi connectivity index (χ3v) is 2.90. The predicted molar refractivity (Wildman–Crippen MR) is 70.2 cm³/mol. The van der Waals surface area contributed by atoms with Crippen molar-refractivity contribution >= 4 is 26.2 Å². The Hall–Kier alpha value is -0.823. The lowest BCUT2D eigenvalue weighted by molar-refractivity contribution is 0.507. The number of rotatable bonds is 5. The molecule has 0 aliphatic carbocycles. The molecule has 1 heterocycles. The Morgan fingerprint density at radius 2 is 2.00 bits per heavy atom. The molecular weight excluding hydrogens is 240 g/mol. The number of hydrogen-bond donors (Lipinski definition) is 1. The number of aromatic nitrogens is 3. The molecule has 0 aromatic carbocycles. The quantitative estimate of drug-likeness (QED) is 0.647. The van der Waals surface area contributed by atoms with Gasteiger partial charge in [0, 0.05) is 5.25 Å². The van der Waals surface area contributed by atoms with Crippen LogP contribution in [0, 0.1) is 0 Å². The van der Waals surface area contributed by atoms with Crippen molar-refractivity contribution in [2.24, 2.45) is 0 Å². The highest BCUT2D eigenvalue weighted by Gasteiger charge is 2.18. The molecule has 1 aromatic heterocycles. The lowest BCUT2D eigenvalue weighted by atomic mass is 10.6. The maximum atomic E-state index is 5.68. The summed E-state index contributed by atoms with van der Waals surface area (Å²) in [6, 6.07) is 0.404.